The molecule has 0 radical (unpaired) electrons. The number of nitrogens with zero attached hydrogens (tertiary/aromatic N) is 2. The third-order valence-corrected chi connectivity index (χ3v) is 4.94. The van der Waals surface area contributed by atoms with Crippen molar-refractivity contribution in [2.45, 2.75) is 11.3 Å². The Hall–Kier alpha value is -0.690. The lowest BCUT2D eigenvalue weighted by atomic mass is 10.1. The zero-order chi connectivity index (χ0) is 12.5. The molecule has 5 nitrogen and oxygen atoms in total. The fourth-order valence-corrected chi connectivity index (χ4v) is 3.65. The fourth-order valence-electron chi connectivity index (χ4n) is 1.89. The number of halogens is 1. The van der Waals surface area contributed by atoms with Gasteiger partial charge in [0.25, 0.3) is 0 Å². The first kappa shape index (κ1) is 12.8. The Morgan fingerprint density at radius 3 is 2.88 bits per heavy atom. The molecule has 0 spiro atoms. The van der Waals surface area contributed by atoms with Crippen LogP contribution in [-0.2, 0) is 10.0 Å². The largest absolute Gasteiger partial charge is 0.330 e. The van der Waals surface area contributed by atoms with Gasteiger partial charge < -0.3 is 5.73 Å². The normalized spacial score (nSPS) is 21.9. The van der Waals surface area contributed by atoms with E-state index in [9.17, 15) is 8.42 Å². The summed E-state index contributed by atoms with van der Waals surface area (Å²) in [5, 5.41) is 0.320. The summed E-state index contributed by atoms with van der Waals surface area (Å²) in [5.74, 6) is 0.247. The van der Waals surface area contributed by atoms with Crippen molar-refractivity contribution in [3.8, 4) is 0 Å². The van der Waals surface area contributed by atoms with Crippen LogP contribution in [0.5, 0.6) is 0 Å². The summed E-state index contributed by atoms with van der Waals surface area (Å²) >= 11 is 5.75. The average Bonchev–Trinajstić information content (AvgIpc) is 2.78. The van der Waals surface area contributed by atoms with Gasteiger partial charge in [-0.15, -0.1) is 0 Å². The Bertz CT molecular complexity index is 506. The van der Waals surface area contributed by atoms with Gasteiger partial charge in [0.05, 0.1) is 5.02 Å². The second kappa shape index (κ2) is 4.89. The van der Waals surface area contributed by atoms with Crippen molar-refractivity contribution in [2.75, 3.05) is 19.6 Å². The van der Waals surface area contributed by atoms with E-state index in [0.29, 0.717) is 24.7 Å². The molecular weight excluding hydrogens is 262 g/mol. The first-order valence-electron chi connectivity index (χ1n) is 5.35. The molecule has 0 aliphatic carbocycles. The Kier molecular flexibility index (Phi) is 3.67. The van der Waals surface area contributed by atoms with Crippen molar-refractivity contribution in [3.63, 3.8) is 0 Å². The molecule has 1 aliphatic rings. The summed E-state index contributed by atoms with van der Waals surface area (Å²) in [7, 11) is -3.47. The minimum Gasteiger partial charge on any atom is -0.330 e. The third-order valence-electron chi connectivity index (χ3n) is 2.90. The Balaban J connectivity index is 2.25. The maximum absolute atomic E-state index is 12.2. The number of rotatable bonds is 3. The molecule has 0 saturated carbocycles. The quantitative estimate of drug-likeness (QED) is 0.881. The minimum absolute atomic E-state index is 0.141. The maximum Gasteiger partial charge on any atom is 0.244 e. The number of aromatic nitrogens is 1. The van der Waals surface area contributed by atoms with Gasteiger partial charge in [-0.1, -0.05) is 11.6 Å². The van der Waals surface area contributed by atoms with E-state index in [0.717, 1.165) is 6.42 Å². The summed E-state index contributed by atoms with van der Waals surface area (Å²) < 4.78 is 25.9. The van der Waals surface area contributed by atoms with Crippen LogP contribution in [0, 0.1) is 5.92 Å². The molecule has 1 atom stereocenters. The Labute approximate surface area is 106 Å². The van der Waals surface area contributed by atoms with Gasteiger partial charge in [0, 0.05) is 25.5 Å². The maximum atomic E-state index is 12.2. The van der Waals surface area contributed by atoms with E-state index in [-0.39, 0.29) is 10.8 Å². The SMILES string of the molecule is NCC1CCN(S(=O)(=O)c2cncc(Cl)c2)C1. The Morgan fingerprint density at radius 1 is 1.53 bits per heavy atom. The highest BCUT2D eigenvalue weighted by atomic mass is 35.5. The second-order valence-corrected chi connectivity index (χ2v) is 6.47. The summed E-state index contributed by atoms with van der Waals surface area (Å²) in [6.07, 6.45) is 3.54. The molecule has 1 aliphatic heterocycles. The van der Waals surface area contributed by atoms with Crippen molar-refractivity contribution in [1.29, 1.82) is 0 Å². The summed E-state index contributed by atoms with van der Waals surface area (Å²) in [6.45, 7) is 1.50. The lowest BCUT2D eigenvalue weighted by molar-refractivity contribution is 0.459. The van der Waals surface area contributed by atoms with E-state index in [1.54, 1.807) is 0 Å². The van der Waals surface area contributed by atoms with Crippen LogP contribution in [0.15, 0.2) is 23.4 Å². The van der Waals surface area contributed by atoms with Gasteiger partial charge in [0.15, 0.2) is 0 Å². The summed E-state index contributed by atoms with van der Waals surface area (Å²) in [6, 6.07) is 1.42. The molecule has 1 fully saturated rings. The van der Waals surface area contributed by atoms with E-state index in [2.05, 4.69) is 4.98 Å². The molecule has 2 N–H and O–H groups in total. The number of pyridine rings is 1. The molecule has 0 bridgehead atoms. The van der Waals surface area contributed by atoms with Crippen LogP contribution in [0.25, 0.3) is 0 Å². The standard InChI is InChI=1S/C10H14ClN3O2S/c11-9-3-10(6-13-5-9)17(15,16)14-2-1-8(4-12)7-14/h3,5-6,8H,1-2,4,7,12H2. The van der Waals surface area contributed by atoms with Crippen LogP contribution in [0.1, 0.15) is 6.42 Å². The molecule has 0 amide bonds. The van der Waals surface area contributed by atoms with Crippen LogP contribution in [0.3, 0.4) is 0 Å². The summed E-state index contributed by atoms with van der Waals surface area (Å²) in [4.78, 5) is 3.94. The Morgan fingerprint density at radius 2 is 2.29 bits per heavy atom. The van der Waals surface area contributed by atoms with E-state index in [1.807, 2.05) is 0 Å². The molecule has 1 saturated heterocycles. The van der Waals surface area contributed by atoms with Crippen molar-refractivity contribution in [1.82, 2.24) is 9.29 Å². The smallest absolute Gasteiger partial charge is 0.244 e. The van der Waals surface area contributed by atoms with Gasteiger partial charge in [-0.05, 0) is 24.9 Å². The van der Waals surface area contributed by atoms with Gasteiger partial charge in [-0.2, -0.15) is 4.31 Å². The highest BCUT2D eigenvalue weighted by Gasteiger charge is 2.32. The monoisotopic (exact) mass is 275 g/mol. The third kappa shape index (κ3) is 2.60. The van der Waals surface area contributed by atoms with Gasteiger partial charge in [-0.3, -0.25) is 4.98 Å². The van der Waals surface area contributed by atoms with Crippen molar-refractivity contribution in [3.05, 3.63) is 23.5 Å². The molecular formula is C10H14ClN3O2S. The molecule has 94 valence electrons. The molecule has 7 heteroatoms. The fraction of sp³-hybridized carbons (Fsp3) is 0.500. The van der Waals surface area contributed by atoms with Crippen molar-refractivity contribution < 1.29 is 8.42 Å². The van der Waals surface area contributed by atoms with Gasteiger partial charge in [0.1, 0.15) is 4.90 Å². The van der Waals surface area contributed by atoms with Crippen LogP contribution >= 0.6 is 11.6 Å². The first-order valence-corrected chi connectivity index (χ1v) is 7.16. The average molecular weight is 276 g/mol. The van der Waals surface area contributed by atoms with Crippen LogP contribution in [0.2, 0.25) is 5.02 Å². The summed E-state index contributed by atoms with van der Waals surface area (Å²) in [5.41, 5.74) is 5.55. The van der Waals surface area contributed by atoms with E-state index in [1.165, 1.54) is 22.8 Å². The van der Waals surface area contributed by atoms with Crippen molar-refractivity contribution in [2.24, 2.45) is 11.7 Å². The van der Waals surface area contributed by atoms with Crippen LogP contribution < -0.4 is 5.73 Å². The number of hydrogen-bond donors (Lipinski definition) is 1. The van der Waals surface area contributed by atoms with E-state index < -0.39 is 10.0 Å². The topological polar surface area (TPSA) is 76.3 Å². The zero-order valence-corrected chi connectivity index (χ0v) is 10.8. The van der Waals surface area contributed by atoms with E-state index in [4.69, 9.17) is 17.3 Å². The highest BCUT2D eigenvalue weighted by Crippen LogP contribution is 2.24. The number of hydrogen-bond acceptors (Lipinski definition) is 4. The van der Waals surface area contributed by atoms with E-state index >= 15 is 0 Å². The molecule has 1 unspecified atom stereocenters. The highest BCUT2D eigenvalue weighted by molar-refractivity contribution is 7.89. The van der Waals surface area contributed by atoms with Gasteiger partial charge in [-0.25, -0.2) is 8.42 Å². The molecule has 1 aromatic heterocycles. The molecule has 2 heterocycles. The predicted octanol–water partition coefficient (Wildman–Crippen LogP) is 0.704. The lowest BCUT2D eigenvalue weighted by Crippen LogP contribution is -2.30. The lowest BCUT2D eigenvalue weighted by Gasteiger charge is -2.16. The molecule has 1 aromatic rings. The predicted molar refractivity (Wildman–Crippen MR) is 65.2 cm³/mol. The zero-order valence-electron chi connectivity index (χ0n) is 9.21. The molecule has 17 heavy (non-hydrogen) atoms. The number of sulfonamides is 1. The van der Waals surface area contributed by atoms with Crippen LogP contribution in [-0.4, -0.2) is 37.3 Å². The molecule has 0 aromatic carbocycles. The van der Waals surface area contributed by atoms with Gasteiger partial charge in [0.2, 0.25) is 10.0 Å². The van der Waals surface area contributed by atoms with Gasteiger partial charge >= 0.3 is 0 Å². The van der Waals surface area contributed by atoms with Crippen LogP contribution in [0.4, 0.5) is 0 Å². The minimum atomic E-state index is -3.47. The van der Waals surface area contributed by atoms with Crippen molar-refractivity contribution >= 4 is 21.6 Å². The number of nitrogens with two attached hydrogens (primary N) is 1. The molecule has 2 rings (SSSR count). The second-order valence-electron chi connectivity index (χ2n) is 4.09. The first-order chi connectivity index (χ1) is 8.04.